The zero-order valence-electron chi connectivity index (χ0n) is 17.9. The number of nitrogens with zero attached hydrogens (tertiary/aromatic N) is 2. The molecule has 4 heterocycles. The van der Waals surface area contributed by atoms with Crippen LogP contribution in [0.4, 0.5) is 4.79 Å². The highest BCUT2D eigenvalue weighted by Crippen LogP contribution is 2.39. The van der Waals surface area contributed by atoms with E-state index in [4.69, 9.17) is 14.3 Å². The summed E-state index contributed by atoms with van der Waals surface area (Å²) >= 11 is 0. The van der Waals surface area contributed by atoms with E-state index in [2.05, 4.69) is 10.8 Å². The van der Waals surface area contributed by atoms with Crippen molar-refractivity contribution in [1.29, 1.82) is 0 Å². The van der Waals surface area contributed by atoms with Gasteiger partial charge in [0.1, 0.15) is 12.3 Å². The fourth-order valence-corrected chi connectivity index (χ4v) is 5.66. The largest absolute Gasteiger partial charge is 0.444 e. The smallest absolute Gasteiger partial charge is 0.410 e. The van der Waals surface area contributed by atoms with Gasteiger partial charge in [0.25, 0.3) is 0 Å². The van der Waals surface area contributed by atoms with E-state index in [1.54, 1.807) is 0 Å². The van der Waals surface area contributed by atoms with Gasteiger partial charge >= 0.3 is 6.09 Å². The van der Waals surface area contributed by atoms with Crippen molar-refractivity contribution in [2.75, 3.05) is 26.3 Å². The van der Waals surface area contributed by atoms with Gasteiger partial charge in [0.15, 0.2) is 0 Å². The second-order valence-electron chi connectivity index (χ2n) is 9.78. The highest BCUT2D eigenvalue weighted by molar-refractivity contribution is 5.78. The number of carbonyl (C=O) groups excluding carboxylic acids is 2. The third kappa shape index (κ3) is 3.70. The monoisotopic (exact) mass is 422 g/mol. The molecule has 0 aromatic rings. The average molecular weight is 423 g/mol. The third-order valence-electron chi connectivity index (χ3n) is 7.54. The molecule has 0 bridgehead atoms. The molecule has 168 valence electrons. The minimum Gasteiger partial charge on any atom is -0.444 e. The van der Waals surface area contributed by atoms with Gasteiger partial charge in [-0.25, -0.2) is 4.79 Å². The second kappa shape index (κ2) is 8.26. The molecule has 4 saturated heterocycles. The number of hydroxylamine groups is 1. The number of amides is 2. The highest BCUT2D eigenvalue weighted by Gasteiger charge is 2.51. The molecule has 5 fully saturated rings. The zero-order valence-corrected chi connectivity index (χ0v) is 17.9. The third-order valence-corrected chi connectivity index (χ3v) is 7.54. The molecular weight excluding hydrogens is 388 g/mol. The Labute approximate surface area is 177 Å². The summed E-state index contributed by atoms with van der Waals surface area (Å²) in [6.07, 6.45) is 4.59. The molecule has 30 heavy (non-hydrogen) atoms. The molecule has 9 heteroatoms. The average Bonchev–Trinajstić information content (AvgIpc) is 3.31. The van der Waals surface area contributed by atoms with E-state index in [9.17, 15) is 9.59 Å². The van der Waals surface area contributed by atoms with Crippen molar-refractivity contribution in [1.82, 2.24) is 20.6 Å². The number of fused-ring (bicyclic) bond motifs is 1. The highest BCUT2D eigenvalue weighted by atomic mass is 16.7. The Morgan fingerprint density at radius 3 is 2.53 bits per heavy atom. The van der Waals surface area contributed by atoms with Gasteiger partial charge < -0.3 is 14.4 Å². The van der Waals surface area contributed by atoms with Crippen LogP contribution in [0.1, 0.15) is 46.0 Å². The summed E-state index contributed by atoms with van der Waals surface area (Å²) in [6.45, 7) is 6.79. The number of likely N-dealkylation sites (tertiary alicyclic amines) is 1. The van der Waals surface area contributed by atoms with Crippen molar-refractivity contribution in [2.24, 2.45) is 17.8 Å². The van der Waals surface area contributed by atoms with Gasteiger partial charge in [0, 0.05) is 24.9 Å². The van der Waals surface area contributed by atoms with E-state index >= 15 is 0 Å². The summed E-state index contributed by atoms with van der Waals surface area (Å²) < 4.78 is 10.9. The summed E-state index contributed by atoms with van der Waals surface area (Å²) in [4.78, 5) is 34.4. The first kappa shape index (κ1) is 20.5. The predicted molar refractivity (Wildman–Crippen MR) is 107 cm³/mol. The lowest BCUT2D eigenvalue weighted by atomic mass is 9.82. The van der Waals surface area contributed by atoms with Crippen molar-refractivity contribution in [2.45, 2.75) is 76.5 Å². The summed E-state index contributed by atoms with van der Waals surface area (Å²) in [7, 11) is 0. The Balaban J connectivity index is 1.14. The molecule has 0 aromatic heterocycles. The van der Waals surface area contributed by atoms with Crippen LogP contribution >= 0.6 is 0 Å². The minimum atomic E-state index is -0.182. The number of rotatable bonds is 4. The molecule has 0 aromatic carbocycles. The van der Waals surface area contributed by atoms with E-state index in [-0.39, 0.29) is 48.5 Å². The maximum Gasteiger partial charge on any atom is 0.410 e. The Hall–Kier alpha value is -1.42. The van der Waals surface area contributed by atoms with E-state index < -0.39 is 0 Å². The van der Waals surface area contributed by atoms with E-state index in [0.717, 1.165) is 45.2 Å². The van der Waals surface area contributed by atoms with Crippen molar-refractivity contribution < 1.29 is 23.9 Å². The predicted octanol–water partition coefficient (Wildman–Crippen LogP) is 1.05. The maximum atomic E-state index is 12.3. The lowest BCUT2D eigenvalue weighted by molar-refractivity contribution is -0.136. The first-order chi connectivity index (χ1) is 14.5. The van der Waals surface area contributed by atoms with E-state index in [1.807, 2.05) is 23.6 Å². The van der Waals surface area contributed by atoms with Crippen LogP contribution in [0.15, 0.2) is 0 Å². The van der Waals surface area contributed by atoms with Crippen molar-refractivity contribution in [3.05, 3.63) is 0 Å². The molecule has 4 aliphatic heterocycles. The molecule has 5 aliphatic rings. The maximum absolute atomic E-state index is 12.3. The number of carbonyl (C=O) groups is 2. The molecule has 2 N–H and O–H groups in total. The molecule has 0 radical (unpaired) electrons. The quantitative estimate of drug-likeness (QED) is 0.700. The van der Waals surface area contributed by atoms with Crippen LogP contribution in [-0.2, 0) is 19.1 Å². The molecule has 9 nitrogen and oxygen atoms in total. The first-order valence-electron chi connectivity index (χ1n) is 11.5. The lowest BCUT2D eigenvalue weighted by Gasteiger charge is -2.40. The molecule has 1 saturated carbocycles. The van der Waals surface area contributed by atoms with Gasteiger partial charge in [0.05, 0.1) is 31.5 Å². The minimum absolute atomic E-state index is 0.00216. The van der Waals surface area contributed by atoms with Gasteiger partial charge in [-0.2, -0.15) is 5.48 Å². The molecule has 5 unspecified atom stereocenters. The van der Waals surface area contributed by atoms with Crippen molar-refractivity contribution in [3.63, 3.8) is 0 Å². The number of piperidine rings is 1. The summed E-state index contributed by atoms with van der Waals surface area (Å²) in [6, 6.07) is 0.285. The van der Waals surface area contributed by atoms with Crippen LogP contribution < -0.4 is 10.8 Å². The van der Waals surface area contributed by atoms with Crippen LogP contribution in [0.2, 0.25) is 0 Å². The Kier molecular flexibility index (Phi) is 5.64. The van der Waals surface area contributed by atoms with Gasteiger partial charge in [-0.05, 0) is 38.0 Å². The summed E-state index contributed by atoms with van der Waals surface area (Å²) in [5, 5.41) is 3.65. The SMILES string of the molecule is CC(C)C(=O)N1CCC(C2NOC(C3CCC4OC(=O)N(C5COC5)C4C3)N2)CC1. The van der Waals surface area contributed by atoms with Crippen molar-refractivity contribution >= 4 is 12.0 Å². The number of nitrogens with one attached hydrogen (secondary N) is 2. The van der Waals surface area contributed by atoms with E-state index in [0.29, 0.717) is 25.0 Å². The molecule has 1 aliphatic carbocycles. The summed E-state index contributed by atoms with van der Waals surface area (Å²) in [5.74, 6) is 1.10. The van der Waals surface area contributed by atoms with Gasteiger partial charge in [0.2, 0.25) is 5.91 Å². The molecule has 2 amide bonds. The second-order valence-corrected chi connectivity index (χ2v) is 9.78. The fourth-order valence-electron chi connectivity index (χ4n) is 5.66. The molecule has 5 rings (SSSR count). The normalized spacial score (nSPS) is 38.0. The van der Waals surface area contributed by atoms with Crippen LogP contribution in [0.3, 0.4) is 0 Å². The standard InChI is InChI=1S/C21H34N4O5/c1-12(2)20(26)24-7-5-13(6-8-24)18-22-19(30-23-18)14-3-4-17-16(9-14)25(21(27)29-17)15-10-28-11-15/h12-19,22-23H,3-11H2,1-2H3. The molecule has 5 atom stereocenters. The molecular formula is C21H34N4O5. The Bertz CT molecular complexity index is 664. The fraction of sp³-hybridized carbons (Fsp3) is 0.905. The van der Waals surface area contributed by atoms with Crippen LogP contribution in [0, 0.1) is 17.8 Å². The van der Waals surface area contributed by atoms with Gasteiger partial charge in [-0.15, -0.1) is 0 Å². The van der Waals surface area contributed by atoms with Gasteiger partial charge in [-0.3, -0.25) is 19.8 Å². The lowest BCUT2D eigenvalue weighted by Crippen LogP contribution is -2.55. The zero-order chi connectivity index (χ0) is 20.8. The number of hydrogen-bond acceptors (Lipinski definition) is 7. The first-order valence-corrected chi connectivity index (χ1v) is 11.5. The van der Waals surface area contributed by atoms with E-state index in [1.165, 1.54) is 0 Å². The van der Waals surface area contributed by atoms with Crippen LogP contribution in [0.25, 0.3) is 0 Å². The Morgan fingerprint density at radius 2 is 1.87 bits per heavy atom. The summed E-state index contributed by atoms with van der Waals surface area (Å²) in [5.41, 5.74) is 3.22. The number of ether oxygens (including phenoxy) is 2. The van der Waals surface area contributed by atoms with Gasteiger partial charge in [-0.1, -0.05) is 13.8 Å². The number of hydrogen-bond donors (Lipinski definition) is 2. The van der Waals surface area contributed by atoms with Crippen LogP contribution in [-0.4, -0.2) is 78.7 Å². The Morgan fingerprint density at radius 1 is 1.10 bits per heavy atom. The topological polar surface area (TPSA) is 92.4 Å². The van der Waals surface area contributed by atoms with Crippen molar-refractivity contribution in [3.8, 4) is 0 Å². The van der Waals surface area contributed by atoms with Crippen LogP contribution in [0.5, 0.6) is 0 Å². The molecule has 0 spiro atoms.